The first-order valence-corrected chi connectivity index (χ1v) is 7.04. The summed E-state index contributed by atoms with van der Waals surface area (Å²) in [6.45, 7) is 1.38. The minimum absolute atomic E-state index is 0.0747. The zero-order valence-corrected chi connectivity index (χ0v) is 12.5. The van der Waals surface area contributed by atoms with Crippen LogP contribution in [-0.2, 0) is 4.74 Å². The van der Waals surface area contributed by atoms with Crippen molar-refractivity contribution >= 4 is 12.0 Å². The monoisotopic (exact) mass is 306 g/mol. The summed E-state index contributed by atoms with van der Waals surface area (Å²) >= 11 is 0. The molecule has 0 unspecified atom stereocenters. The highest BCUT2D eigenvalue weighted by atomic mass is 16.6. The van der Waals surface area contributed by atoms with E-state index >= 15 is 0 Å². The minimum atomic E-state index is -0.601. The zero-order valence-electron chi connectivity index (χ0n) is 12.5. The zero-order chi connectivity index (χ0) is 15.9. The number of amides is 2. The van der Waals surface area contributed by atoms with E-state index in [1.165, 1.54) is 18.1 Å². The van der Waals surface area contributed by atoms with Crippen molar-refractivity contribution in [2.75, 3.05) is 33.8 Å². The van der Waals surface area contributed by atoms with Gasteiger partial charge in [-0.15, -0.1) is 0 Å². The van der Waals surface area contributed by atoms with Crippen LogP contribution in [0.1, 0.15) is 16.8 Å². The van der Waals surface area contributed by atoms with E-state index in [1.54, 1.807) is 24.1 Å². The molecule has 22 heavy (non-hydrogen) atoms. The lowest BCUT2D eigenvalue weighted by molar-refractivity contribution is 0.0553. The molecule has 1 aromatic rings. The highest BCUT2D eigenvalue weighted by molar-refractivity contribution is 5.95. The SMILES string of the molecule is COc1ccc(C(=O)N2CC[C@@]3(CN(C)C(=O)O3)C2)cc1O. The number of likely N-dealkylation sites (N-methyl/N-ethyl adjacent to an activating group) is 1. The van der Waals surface area contributed by atoms with Gasteiger partial charge in [-0.2, -0.15) is 0 Å². The second-order valence-electron chi connectivity index (χ2n) is 5.77. The van der Waals surface area contributed by atoms with E-state index in [2.05, 4.69) is 0 Å². The van der Waals surface area contributed by atoms with Crippen LogP contribution in [0.2, 0.25) is 0 Å². The van der Waals surface area contributed by atoms with Crippen LogP contribution >= 0.6 is 0 Å². The number of likely N-dealkylation sites (tertiary alicyclic amines) is 1. The fourth-order valence-corrected chi connectivity index (χ4v) is 3.03. The molecule has 1 aromatic carbocycles. The molecule has 0 aromatic heterocycles. The molecule has 1 atom stereocenters. The minimum Gasteiger partial charge on any atom is -0.504 e. The number of carbonyl (C=O) groups excluding carboxylic acids is 2. The number of rotatable bonds is 2. The summed E-state index contributed by atoms with van der Waals surface area (Å²) in [6.07, 6.45) is 0.271. The van der Waals surface area contributed by atoms with Crippen LogP contribution < -0.4 is 4.74 Å². The van der Waals surface area contributed by atoms with Gasteiger partial charge in [-0.1, -0.05) is 0 Å². The van der Waals surface area contributed by atoms with Crippen molar-refractivity contribution in [3.8, 4) is 11.5 Å². The quantitative estimate of drug-likeness (QED) is 0.884. The molecule has 0 saturated carbocycles. The fraction of sp³-hybridized carbons (Fsp3) is 0.467. The first-order valence-electron chi connectivity index (χ1n) is 7.04. The summed E-state index contributed by atoms with van der Waals surface area (Å²) in [5.41, 5.74) is -0.219. The molecule has 2 aliphatic heterocycles. The average Bonchev–Trinajstić information content (AvgIpc) is 3.01. The summed E-state index contributed by atoms with van der Waals surface area (Å²) in [4.78, 5) is 27.2. The molecule has 1 N–H and O–H groups in total. The first kappa shape index (κ1) is 14.5. The molecule has 0 aliphatic carbocycles. The highest BCUT2D eigenvalue weighted by Gasteiger charge is 2.49. The predicted octanol–water partition coefficient (Wildman–Crippen LogP) is 1.07. The number of benzene rings is 1. The molecule has 2 saturated heterocycles. The lowest BCUT2D eigenvalue weighted by atomic mass is 10.0. The molecule has 7 nitrogen and oxygen atoms in total. The number of methoxy groups -OCH3 is 1. The van der Waals surface area contributed by atoms with Crippen LogP contribution in [-0.4, -0.2) is 66.3 Å². The first-order chi connectivity index (χ1) is 10.4. The lowest BCUT2D eigenvalue weighted by Crippen LogP contribution is -2.39. The molecule has 7 heteroatoms. The van der Waals surface area contributed by atoms with Crippen molar-refractivity contribution in [1.29, 1.82) is 0 Å². The smallest absolute Gasteiger partial charge is 0.410 e. The Balaban J connectivity index is 1.74. The van der Waals surface area contributed by atoms with E-state index in [4.69, 9.17) is 9.47 Å². The Hall–Kier alpha value is -2.44. The van der Waals surface area contributed by atoms with E-state index in [9.17, 15) is 14.7 Å². The number of ether oxygens (including phenoxy) is 2. The van der Waals surface area contributed by atoms with Gasteiger partial charge in [0.05, 0.1) is 20.2 Å². The van der Waals surface area contributed by atoms with Gasteiger partial charge in [0.2, 0.25) is 0 Å². The van der Waals surface area contributed by atoms with E-state index in [0.717, 1.165) is 0 Å². The standard InChI is InChI=1S/C15H18N2O5/c1-16-8-15(22-14(16)20)5-6-17(9-15)13(19)10-3-4-12(21-2)11(18)7-10/h3-4,7,18H,5-6,8-9H2,1-2H3/t15-/m1/s1. The van der Waals surface area contributed by atoms with Gasteiger partial charge >= 0.3 is 6.09 Å². The summed E-state index contributed by atoms with van der Waals surface area (Å²) in [6, 6.07) is 4.55. The molecule has 2 fully saturated rings. The number of nitrogens with zero attached hydrogens (tertiary/aromatic N) is 2. The van der Waals surface area contributed by atoms with Crippen LogP contribution in [0.5, 0.6) is 11.5 Å². The van der Waals surface area contributed by atoms with Gasteiger partial charge in [0, 0.05) is 25.6 Å². The third-order valence-corrected chi connectivity index (χ3v) is 4.17. The maximum atomic E-state index is 12.5. The maximum absolute atomic E-state index is 12.5. The Bertz CT molecular complexity index is 632. The number of phenols is 1. The summed E-state index contributed by atoms with van der Waals surface area (Å²) in [7, 11) is 3.13. The van der Waals surface area contributed by atoms with Gasteiger partial charge in [0.1, 0.15) is 0 Å². The number of carbonyl (C=O) groups is 2. The third-order valence-electron chi connectivity index (χ3n) is 4.17. The molecule has 118 valence electrons. The largest absolute Gasteiger partial charge is 0.504 e. The highest BCUT2D eigenvalue weighted by Crippen LogP contribution is 2.33. The normalized spacial score (nSPS) is 24.0. The molecular weight excluding hydrogens is 288 g/mol. The Morgan fingerprint density at radius 2 is 2.18 bits per heavy atom. The topological polar surface area (TPSA) is 79.3 Å². The lowest BCUT2D eigenvalue weighted by Gasteiger charge is -2.22. The van der Waals surface area contributed by atoms with Gasteiger partial charge < -0.3 is 24.4 Å². The summed E-state index contributed by atoms with van der Waals surface area (Å²) in [5, 5.41) is 9.79. The van der Waals surface area contributed by atoms with Crippen molar-refractivity contribution in [3.63, 3.8) is 0 Å². The van der Waals surface area contributed by atoms with Crippen molar-refractivity contribution < 1.29 is 24.2 Å². The van der Waals surface area contributed by atoms with Crippen molar-refractivity contribution in [1.82, 2.24) is 9.80 Å². The van der Waals surface area contributed by atoms with Crippen LogP contribution in [0.25, 0.3) is 0 Å². The Labute approximate surface area is 128 Å². The molecule has 0 radical (unpaired) electrons. The van der Waals surface area contributed by atoms with Crippen LogP contribution in [0.15, 0.2) is 18.2 Å². The van der Waals surface area contributed by atoms with Gasteiger partial charge in [-0.3, -0.25) is 4.79 Å². The van der Waals surface area contributed by atoms with Gasteiger partial charge in [0.15, 0.2) is 17.1 Å². The van der Waals surface area contributed by atoms with Crippen LogP contribution in [0.3, 0.4) is 0 Å². The van der Waals surface area contributed by atoms with E-state index in [-0.39, 0.29) is 17.7 Å². The molecule has 0 bridgehead atoms. The molecule has 2 amide bonds. The van der Waals surface area contributed by atoms with Crippen molar-refractivity contribution in [2.24, 2.45) is 0 Å². The summed E-state index contributed by atoms with van der Waals surface area (Å²) in [5.74, 6) is 0.0514. The predicted molar refractivity (Wildman–Crippen MR) is 77.0 cm³/mol. The van der Waals surface area contributed by atoms with E-state index in [1.807, 2.05) is 0 Å². The Kier molecular flexibility index (Phi) is 3.35. The van der Waals surface area contributed by atoms with E-state index in [0.29, 0.717) is 37.4 Å². The molecular formula is C15H18N2O5. The van der Waals surface area contributed by atoms with Crippen molar-refractivity contribution in [3.05, 3.63) is 23.8 Å². The van der Waals surface area contributed by atoms with Gasteiger partial charge in [0.25, 0.3) is 5.91 Å². The molecule has 2 aliphatic rings. The number of aromatic hydroxyl groups is 1. The Morgan fingerprint density at radius 1 is 1.41 bits per heavy atom. The molecule has 3 rings (SSSR count). The molecule has 2 heterocycles. The number of phenolic OH excluding ortho intramolecular Hbond substituents is 1. The van der Waals surface area contributed by atoms with Gasteiger partial charge in [-0.05, 0) is 18.2 Å². The van der Waals surface area contributed by atoms with Crippen LogP contribution in [0, 0.1) is 0 Å². The fourth-order valence-electron chi connectivity index (χ4n) is 3.03. The second-order valence-corrected chi connectivity index (χ2v) is 5.77. The van der Waals surface area contributed by atoms with Crippen molar-refractivity contribution in [2.45, 2.75) is 12.0 Å². The second kappa shape index (κ2) is 5.08. The third kappa shape index (κ3) is 2.32. The average molecular weight is 306 g/mol. The number of hydrogen-bond acceptors (Lipinski definition) is 5. The Morgan fingerprint density at radius 3 is 2.77 bits per heavy atom. The van der Waals surface area contributed by atoms with Crippen LogP contribution in [0.4, 0.5) is 4.79 Å². The van der Waals surface area contributed by atoms with E-state index < -0.39 is 5.60 Å². The summed E-state index contributed by atoms with van der Waals surface area (Å²) < 4.78 is 10.4. The molecule has 1 spiro atoms. The maximum Gasteiger partial charge on any atom is 0.410 e. The van der Waals surface area contributed by atoms with Gasteiger partial charge in [-0.25, -0.2) is 4.79 Å². The number of hydrogen-bond donors (Lipinski definition) is 1.